The highest BCUT2D eigenvalue weighted by Crippen LogP contribution is 2.19. The Hall–Kier alpha value is -1.14. The van der Waals surface area contributed by atoms with Crippen LogP contribution in [0.15, 0.2) is 0 Å². The van der Waals surface area contributed by atoms with Crippen molar-refractivity contribution in [3.8, 4) is 0 Å². The molecule has 0 saturated heterocycles. The van der Waals surface area contributed by atoms with Crippen LogP contribution in [0.2, 0.25) is 0 Å². The number of hydrogen-bond acceptors (Lipinski definition) is 5. The van der Waals surface area contributed by atoms with E-state index in [-0.39, 0.29) is 18.5 Å². The normalized spacial score (nSPS) is 12.5. The van der Waals surface area contributed by atoms with E-state index in [1.165, 1.54) is 308 Å². The molecular weight excluding hydrogens is 875 g/mol. The minimum atomic E-state index is -0.661. The van der Waals surface area contributed by atoms with Crippen molar-refractivity contribution >= 4 is 11.9 Å². The Morgan fingerprint density at radius 3 is 0.859 bits per heavy atom. The van der Waals surface area contributed by atoms with Crippen molar-refractivity contribution in [1.29, 1.82) is 0 Å². The fourth-order valence-corrected chi connectivity index (χ4v) is 10.6. The summed E-state index contributed by atoms with van der Waals surface area (Å²) in [5.74, 6) is -0.00978. The lowest BCUT2D eigenvalue weighted by atomic mass is 10.0. The Labute approximate surface area is 445 Å². The van der Waals surface area contributed by atoms with Gasteiger partial charge in [0.15, 0.2) is 0 Å². The lowest BCUT2D eigenvalue weighted by Gasteiger charge is -2.22. The van der Waals surface area contributed by atoms with Crippen LogP contribution in [0, 0.1) is 0 Å². The molecule has 6 heteroatoms. The number of aliphatic hydroxyl groups excluding tert-OH is 2. The van der Waals surface area contributed by atoms with Gasteiger partial charge < -0.3 is 20.3 Å². The van der Waals surface area contributed by atoms with Gasteiger partial charge in [-0.2, -0.15) is 0 Å². The van der Waals surface area contributed by atoms with Gasteiger partial charge in [-0.1, -0.05) is 341 Å². The van der Waals surface area contributed by atoms with Crippen molar-refractivity contribution in [1.82, 2.24) is 5.32 Å². The van der Waals surface area contributed by atoms with Crippen LogP contribution in [-0.2, 0) is 14.3 Å². The first-order chi connectivity index (χ1) is 35.0. The maximum Gasteiger partial charge on any atom is 0.305 e. The predicted molar refractivity (Wildman–Crippen MR) is 310 cm³/mol. The summed E-state index contributed by atoms with van der Waals surface area (Å²) >= 11 is 0. The number of nitrogens with one attached hydrogen (secondary N) is 1. The van der Waals surface area contributed by atoms with Gasteiger partial charge in [0.05, 0.1) is 25.4 Å². The zero-order valence-electron chi connectivity index (χ0n) is 48.5. The Bertz CT molecular complexity index is 1020. The molecule has 0 aromatic heterocycles. The number of ether oxygens (including phenoxy) is 1. The summed E-state index contributed by atoms with van der Waals surface area (Å²) in [6.07, 6.45) is 72.7. The van der Waals surface area contributed by atoms with E-state index in [4.69, 9.17) is 4.74 Å². The number of carbonyl (C=O) groups is 2. The molecule has 0 radical (unpaired) electrons. The molecule has 2 atom stereocenters. The summed E-state index contributed by atoms with van der Waals surface area (Å²) in [6.45, 7) is 4.99. The molecule has 0 bridgehead atoms. The number of rotatable bonds is 62. The lowest BCUT2D eigenvalue weighted by Crippen LogP contribution is -2.45. The summed E-state index contributed by atoms with van der Waals surface area (Å²) < 4.78 is 5.50. The number of carbonyl (C=O) groups excluding carboxylic acids is 2. The Morgan fingerprint density at radius 1 is 0.338 bits per heavy atom. The second kappa shape index (κ2) is 61.4. The van der Waals surface area contributed by atoms with Crippen molar-refractivity contribution in [2.24, 2.45) is 0 Å². The van der Waals surface area contributed by atoms with Gasteiger partial charge in [0.2, 0.25) is 5.91 Å². The highest BCUT2D eigenvalue weighted by molar-refractivity contribution is 5.76. The van der Waals surface area contributed by atoms with Crippen molar-refractivity contribution < 1.29 is 24.5 Å². The summed E-state index contributed by atoms with van der Waals surface area (Å²) in [7, 11) is 0. The molecule has 0 fully saturated rings. The van der Waals surface area contributed by atoms with Crippen LogP contribution in [0.1, 0.15) is 380 Å². The van der Waals surface area contributed by atoms with Gasteiger partial charge in [-0.15, -0.1) is 0 Å². The van der Waals surface area contributed by atoms with E-state index in [1.807, 2.05) is 0 Å². The van der Waals surface area contributed by atoms with E-state index in [0.717, 1.165) is 38.5 Å². The highest BCUT2D eigenvalue weighted by atomic mass is 16.5. The first-order valence-electron chi connectivity index (χ1n) is 32.8. The van der Waals surface area contributed by atoms with Gasteiger partial charge in [0.1, 0.15) is 0 Å². The maximum atomic E-state index is 12.5. The van der Waals surface area contributed by atoms with Crippen LogP contribution < -0.4 is 5.32 Å². The van der Waals surface area contributed by atoms with Crippen LogP contribution >= 0.6 is 0 Å². The van der Waals surface area contributed by atoms with E-state index in [1.54, 1.807) is 0 Å². The second-order valence-electron chi connectivity index (χ2n) is 22.8. The molecule has 0 aromatic rings. The highest BCUT2D eigenvalue weighted by Gasteiger charge is 2.20. The largest absolute Gasteiger partial charge is 0.466 e. The maximum absolute atomic E-state index is 12.5. The summed E-state index contributed by atoms with van der Waals surface area (Å²) in [4.78, 5) is 24.6. The molecule has 0 heterocycles. The third-order valence-corrected chi connectivity index (χ3v) is 15.7. The molecule has 0 saturated carbocycles. The average Bonchev–Trinajstić information content (AvgIpc) is 3.37. The molecule has 71 heavy (non-hydrogen) atoms. The molecule has 0 aromatic carbocycles. The van der Waals surface area contributed by atoms with Crippen molar-refractivity contribution in [3.05, 3.63) is 0 Å². The zero-order chi connectivity index (χ0) is 51.4. The minimum Gasteiger partial charge on any atom is -0.466 e. The van der Waals surface area contributed by atoms with Gasteiger partial charge in [0, 0.05) is 12.8 Å². The number of hydrogen-bond donors (Lipinski definition) is 3. The van der Waals surface area contributed by atoms with E-state index < -0.39 is 12.1 Å². The molecule has 0 aliphatic rings. The Morgan fingerprint density at radius 2 is 0.577 bits per heavy atom. The standard InChI is InChI=1S/C65H129NO5/c1-3-5-7-9-11-13-15-17-18-31-35-39-43-47-51-55-59-65(70)71-60-56-52-48-44-40-36-32-29-27-25-23-21-19-20-22-24-26-28-30-34-38-42-46-50-54-58-64(69)66-62(61-67)63(68)57-53-49-45-41-37-33-16-14-12-10-8-6-4-2/h62-63,67-68H,3-61H2,1-2H3,(H,66,69). The van der Waals surface area contributed by atoms with Gasteiger partial charge >= 0.3 is 5.97 Å². The minimum absolute atomic E-state index is 0.0209. The third kappa shape index (κ3) is 58.0. The van der Waals surface area contributed by atoms with Crippen molar-refractivity contribution in [2.75, 3.05) is 13.2 Å². The molecule has 3 N–H and O–H groups in total. The van der Waals surface area contributed by atoms with E-state index >= 15 is 0 Å². The SMILES string of the molecule is CCCCCCCCCCCCCCCCCCC(=O)OCCCCCCCCCCCCCCCCCCCCCCCCCCCC(=O)NC(CO)C(O)CCCCCCCCCCCCCCC. The molecule has 0 aliphatic heterocycles. The fraction of sp³-hybridized carbons (Fsp3) is 0.969. The molecule has 6 nitrogen and oxygen atoms in total. The van der Waals surface area contributed by atoms with Crippen LogP contribution in [0.5, 0.6) is 0 Å². The number of amides is 1. The van der Waals surface area contributed by atoms with Gasteiger partial charge in [0.25, 0.3) is 0 Å². The topological polar surface area (TPSA) is 95.9 Å². The zero-order valence-corrected chi connectivity index (χ0v) is 48.5. The predicted octanol–water partition coefficient (Wildman–Crippen LogP) is 20.6. The summed E-state index contributed by atoms with van der Waals surface area (Å²) in [6, 6.07) is -0.538. The van der Waals surface area contributed by atoms with E-state index in [9.17, 15) is 19.8 Å². The van der Waals surface area contributed by atoms with Crippen LogP contribution in [0.4, 0.5) is 0 Å². The van der Waals surface area contributed by atoms with E-state index in [0.29, 0.717) is 25.9 Å². The Balaban J connectivity index is 3.32. The average molecular weight is 1000 g/mol. The lowest BCUT2D eigenvalue weighted by molar-refractivity contribution is -0.143. The third-order valence-electron chi connectivity index (χ3n) is 15.7. The fourth-order valence-electron chi connectivity index (χ4n) is 10.6. The monoisotopic (exact) mass is 1000 g/mol. The molecule has 2 unspecified atom stereocenters. The number of unbranched alkanes of at least 4 members (excludes halogenated alkanes) is 51. The van der Waals surface area contributed by atoms with Gasteiger partial charge in [-0.3, -0.25) is 9.59 Å². The smallest absolute Gasteiger partial charge is 0.305 e. The quantitative estimate of drug-likeness (QED) is 0.0417. The first-order valence-corrected chi connectivity index (χ1v) is 32.8. The van der Waals surface area contributed by atoms with Crippen LogP contribution in [0.3, 0.4) is 0 Å². The molecule has 1 amide bonds. The van der Waals surface area contributed by atoms with E-state index in [2.05, 4.69) is 19.2 Å². The molecule has 0 aliphatic carbocycles. The summed E-state index contributed by atoms with van der Waals surface area (Å²) in [5, 5.41) is 23.3. The van der Waals surface area contributed by atoms with Gasteiger partial charge in [-0.05, 0) is 25.7 Å². The van der Waals surface area contributed by atoms with Crippen molar-refractivity contribution in [2.45, 2.75) is 392 Å². The van der Waals surface area contributed by atoms with Crippen LogP contribution in [-0.4, -0.2) is 47.4 Å². The number of aliphatic hydroxyl groups is 2. The molecule has 0 spiro atoms. The number of esters is 1. The summed E-state index contributed by atoms with van der Waals surface area (Å²) in [5.41, 5.74) is 0. The van der Waals surface area contributed by atoms with Crippen LogP contribution in [0.25, 0.3) is 0 Å². The molecule has 0 rings (SSSR count). The van der Waals surface area contributed by atoms with Crippen molar-refractivity contribution in [3.63, 3.8) is 0 Å². The second-order valence-corrected chi connectivity index (χ2v) is 22.8. The molecular formula is C65H129NO5. The first kappa shape index (κ1) is 69.9. The Kier molecular flexibility index (Phi) is 60.4. The van der Waals surface area contributed by atoms with Gasteiger partial charge in [-0.25, -0.2) is 0 Å². The molecule has 424 valence electrons.